The summed E-state index contributed by atoms with van der Waals surface area (Å²) in [6.45, 7) is 8.23. The van der Waals surface area contributed by atoms with Gasteiger partial charge in [-0.05, 0) is 26.7 Å². The summed E-state index contributed by atoms with van der Waals surface area (Å²) in [4.78, 5) is 0. The van der Waals surface area contributed by atoms with Crippen molar-refractivity contribution >= 4 is 0 Å². The molecule has 0 heteroatoms. The van der Waals surface area contributed by atoms with Gasteiger partial charge in [-0.3, -0.25) is 0 Å². The van der Waals surface area contributed by atoms with Crippen molar-refractivity contribution in [3.63, 3.8) is 0 Å². The molecule has 0 spiro atoms. The molecule has 0 bridgehead atoms. The second-order valence-electron chi connectivity index (χ2n) is 4.67. The molecule has 0 aliphatic heterocycles. The second-order valence-corrected chi connectivity index (χ2v) is 4.67. The lowest BCUT2D eigenvalue weighted by atomic mass is 10.1. The van der Waals surface area contributed by atoms with Crippen molar-refractivity contribution in [1.82, 2.24) is 0 Å². The van der Waals surface area contributed by atoms with E-state index in [4.69, 9.17) is 0 Å². The monoisotopic (exact) mass is 209 g/mol. The van der Waals surface area contributed by atoms with E-state index in [0.29, 0.717) is 0 Å². The smallest absolute Gasteiger partial charge is 0.0286 e. The molecule has 0 aromatic rings. The Morgan fingerprint density at radius 2 is 1.33 bits per heavy atom. The lowest BCUT2D eigenvalue weighted by Gasteiger charge is -2.00. The lowest BCUT2D eigenvalue weighted by Crippen LogP contribution is -1.81. The molecule has 0 aliphatic carbocycles. The Morgan fingerprint density at radius 3 is 1.80 bits per heavy atom. The maximum atomic E-state index is 3.88. The molecule has 1 radical (unpaired) electrons. The third-order valence-electron chi connectivity index (χ3n) is 2.80. The van der Waals surface area contributed by atoms with Gasteiger partial charge in [0.15, 0.2) is 0 Å². The molecule has 0 aromatic heterocycles. The first kappa shape index (κ1) is 14.7. The van der Waals surface area contributed by atoms with Gasteiger partial charge in [-0.2, -0.15) is 0 Å². The van der Waals surface area contributed by atoms with Crippen LogP contribution in [-0.2, 0) is 0 Å². The van der Waals surface area contributed by atoms with Crippen LogP contribution in [0.2, 0.25) is 0 Å². The summed E-state index contributed by atoms with van der Waals surface area (Å²) >= 11 is 0. The van der Waals surface area contributed by atoms with Gasteiger partial charge in [0.2, 0.25) is 0 Å². The van der Waals surface area contributed by atoms with Crippen LogP contribution in [0.3, 0.4) is 0 Å². The maximum absolute atomic E-state index is 3.88. The van der Waals surface area contributed by atoms with Crippen molar-refractivity contribution in [1.29, 1.82) is 0 Å². The van der Waals surface area contributed by atoms with Gasteiger partial charge in [-0.25, -0.2) is 0 Å². The van der Waals surface area contributed by atoms with E-state index in [1.165, 1.54) is 69.8 Å². The summed E-state index contributed by atoms with van der Waals surface area (Å²) in [5.41, 5.74) is 1.22. The largest absolute Gasteiger partial charge is 0.0856 e. The normalized spacial score (nSPS) is 12.1. The fourth-order valence-corrected chi connectivity index (χ4v) is 1.80. The van der Waals surface area contributed by atoms with Crippen LogP contribution in [-0.4, -0.2) is 0 Å². The molecule has 0 amide bonds. The molecular formula is C15H29. The standard InChI is InChI=1S/C15H29/c1-4-5-6-7-8-9-10-11-12-13-14-15(2)3/h14H,2,4-13H2,1,3H3. The average molecular weight is 209 g/mol. The van der Waals surface area contributed by atoms with Gasteiger partial charge in [0.1, 0.15) is 0 Å². The summed E-state index contributed by atoms with van der Waals surface area (Å²) in [6, 6.07) is 0. The van der Waals surface area contributed by atoms with E-state index >= 15 is 0 Å². The van der Waals surface area contributed by atoms with Gasteiger partial charge in [-0.15, -0.1) is 0 Å². The Hall–Kier alpha value is -0.260. The van der Waals surface area contributed by atoms with Gasteiger partial charge in [0.25, 0.3) is 0 Å². The molecule has 0 aromatic carbocycles. The Bertz CT molecular complexity index is 140. The first-order chi connectivity index (χ1) is 7.27. The fraction of sp³-hybridized carbons (Fsp3) is 0.800. The third kappa shape index (κ3) is 13.7. The summed E-state index contributed by atoms with van der Waals surface area (Å²) in [5.74, 6) is 0. The second kappa shape index (κ2) is 11.8. The highest BCUT2D eigenvalue weighted by Crippen LogP contribution is 2.10. The molecule has 0 heterocycles. The number of hydrogen-bond donors (Lipinski definition) is 0. The molecule has 0 nitrogen and oxygen atoms in total. The maximum Gasteiger partial charge on any atom is -0.0286 e. The Balaban J connectivity index is 2.96. The van der Waals surface area contributed by atoms with E-state index in [9.17, 15) is 0 Å². The van der Waals surface area contributed by atoms with Crippen molar-refractivity contribution in [3.05, 3.63) is 18.6 Å². The summed E-state index contributed by atoms with van der Waals surface area (Å²) in [6.07, 6.45) is 16.2. The molecular weight excluding hydrogens is 180 g/mol. The van der Waals surface area contributed by atoms with Gasteiger partial charge in [0.05, 0.1) is 0 Å². The average Bonchev–Trinajstić information content (AvgIpc) is 2.20. The van der Waals surface area contributed by atoms with Crippen LogP contribution in [0.4, 0.5) is 0 Å². The van der Waals surface area contributed by atoms with Crippen LogP contribution in [0.25, 0.3) is 0 Å². The van der Waals surface area contributed by atoms with Crippen LogP contribution < -0.4 is 0 Å². The highest BCUT2D eigenvalue weighted by Gasteiger charge is 1.91. The van der Waals surface area contributed by atoms with Crippen molar-refractivity contribution in [2.75, 3.05) is 0 Å². The summed E-state index contributed by atoms with van der Waals surface area (Å²) in [7, 11) is 0. The van der Waals surface area contributed by atoms with E-state index < -0.39 is 0 Å². The van der Waals surface area contributed by atoms with Gasteiger partial charge >= 0.3 is 0 Å². The molecule has 0 unspecified atom stereocenters. The third-order valence-corrected chi connectivity index (χ3v) is 2.80. The van der Waals surface area contributed by atoms with Crippen LogP contribution >= 0.6 is 0 Å². The molecule has 0 rings (SSSR count). The first-order valence-corrected chi connectivity index (χ1v) is 6.76. The van der Waals surface area contributed by atoms with E-state index in [2.05, 4.69) is 26.8 Å². The Kier molecular flexibility index (Phi) is 11.6. The molecule has 15 heavy (non-hydrogen) atoms. The van der Waals surface area contributed by atoms with Crippen LogP contribution in [0.1, 0.15) is 78.1 Å². The molecule has 0 atom stereocenters. The van der Waals surface area contributed by atoms with E-state index in [1.54, 1.807) is 0 Å². The minimum atomic E-state index is 1.22. The van der Waals surface area contributed by atoms with Crippen molar-refractivity contribution in [3.8, 4) is 0 Å². The number of rotatable bonds is 10. The molecule has 0 aliphatic rings. The predicted octanol–water partition coefficient (Wildman–Crippen LogP) is 5.69. The van der Waals surface area contributed by atoms with Crippen molar-refractivity contribution in [2.24, 2.45) is 0 Å². The Labute approximate surface area is 97.2 Å². The van der Waals surface area contributed by atoms with Crippen LogP contribution in [0.15, 0.2) is 11.6 Å². The number of unbranched alkanes of at least 4 members (excludes halogenated alkanes) is 9. The van der Waals surface area contributed by atoms with Crippen molar-refractivity contribution in [2.45, 2.75) is 78.1 Å². The molecule has 0 saturated heterocycles. The highest BCUT2D eigenvalue weighted by atomic mass is 14.0. The minimum Gasteiger partial charge on any atom is -0.0856 e. The number of hydrogen-bond acceptors (Lipinski definition) is 0. The first-order valence-electron chi connectivity index (χ1n) is 6.76. The number of allylic oxidation sites excluding steroid dienone is 2. The fourth-order valence-electron chi connectivity index (χ4n) is 1.80. The summed E-state index contributed by atoms with van der Waals surface area (Å²) in [5, 5.41) is 0. The van der Waals surface area contributed by atoms with Crippen molar-refractivity contribution < 1.29 is 0 Å². The van der Waals surface area contributed by atoms with Gasteiger partial charge in [0, 0.05) is 0 Å². The minimum absolute atomic E-state index is 1.22. The van der Waals surface area contributed by atoms with Crippen LogP contribution in [0.5, 0.6) is 0 Å². The summed E-state index contributed by atoms with van der Waals surface area (Å²) < 4.78 is 0. The van der Waals surface area contributed by atoms with E-state index in [0.717, 1.165) is 0 Å². The van der Waals surface area contributed by atoms with Gasteiger partial charge < -0.3 is 0 Å². The highest BCUT2D eigenvalue weighted by molar-refractivity contribution is 5.00. The Morgan fingerprint density at radius 1 is 0.867 bits per heavy atom. The van der Waals surface area contributed by atoms with E-state index in [-0.39, 0.29) is 0 Å². The predicted molar refractivity (Wildman–Crippen MR) is 71.0 cm³/mol. The SMILES string of the molecule is [CH2]C(C)=CCCCCCCCCCCC. The van der Waals surface area contributed by atoms with E-state index in [1.807, 2.05) is 0 Å². The quantitative estimate of drug-likeness (QED) is 0.406. The zero-order chi connectivity index (χ0) is 11.4. The zero-order valence-electron chi connectivity index (χ0n) is 10.9. The van der Waals surface area contributed by atoms with Crippen LogP contribution in [0, 0.1) is 6.92 Å². The molecule has 0 N–H and O–H groups in total. The molecule has 89 valence electrons. The molecule has 0 fully saturated rings. The topological polar surface area (TPSA) is 0 Å². The van der Waals surface area contributed by atoms with Gasteiger partial charge in [-0.1, -0.05) is 69.9 Å². The lowest BCUT2D eigenvalue weighted by molar-refractivity contribution is 0.566. The molecule has 0 saturated carbocycles. The zero-order valence-corrected chi connectivity index (χ0v) is 10.9.